The van der Waals surface area contributed by atoms with Crippen LogP contribution in [0.5, 0.6) is 0 Å². The SMILES string of the molecule is c1ccc2sc(NC3=NC[C@@]4(CN5CCC4CC5)O3)nc2c1. The van der Waals surface area contributed by atoms with E-state index in [9.17, 15) is 0 Å². The van der Waals surface area contributed by atoms with Gasteiger partial charge < -0.3 is 4.74 Å². The predicted molar refractivity (Wildman–Crippen MR) is 88.5 cm³/mol. The van der Waals surface area contributed by atoms with Crippen LogP contribution >= 0.6 is 11.3 Å². The van der Waals surface area contributed by atoms with Crippen LogP contribution in [0.4, 0.5) is 5.13 Å². The maximum atomic E-state index is 6.29. The Morgan fingerprint density at radius 2 is 2.14 bits per heavy atom. The summed E-state index contributed by atoms with van der Waals surface area (Å²) in [7, 11) is 0. The lowest BCUT2D eigenvalue weighted by Crippen LogP contribution is -2.61. The summed E-state index contributed by atoms with van der Waals surface area (Å²) >= 11 is 1.64. The molecule has 1 N–H and O–H groups in total. The van der Waals surface area contributed by atoms with Crippen LogP contribution in [-0.2, 0) is 4.74 Å². The van der Waals surface area contributed by atoms with Crippen LogP contribution in [0.25, 0.3) is 10.2 Å². The van der Waals surface area contributed by atoms with E-state index in [1.54, 1.807) is 11.3 Å². The number of thiazole rings is 1. The number of hydrogen-bond acceptors (Lipinski definition) is 6. The summed E-state index contributed by atoms with van der Waals surface area (Å²) in [5.41, 5.74) is 0.932. The van der Waals surface area contributed by atoms with Gasteiger partial charge in [0, 0.05) is 12.5 Å². The second-order valence-electron chi connectivity index (χ2n) is 6.45. The molecule has 0 aliphatic carbocycles. The van der Waals surface area contributed by atoms with Crippen molar-refractivity contribution in [2.24, 2.45) is 10.9 Å². The Bertz CT molecular complexity index is 716. The summed E-state index contributed by atoms with van der Waals surface area (Å²) in [4.78, 5) is 11.7. The van der Waals surface area contributed by atoms with Gasteiger partial charge in [-0.2, -0.15) is 0 Å². The molecule has 2 bridgehead atoms. The molecule has 0 radical (unpaired) electrons. The van der Waals surface area contributed by atoms with Gasteiger partial charge in [-0.15, -0.1) is 0 Å². The number of piperidine rings is 3. The first kappa shape index (κ1) is 12.8. The lowest BCUT2D eigenvalue weighted by atomic mass is 9.75. The summed E-state index contributed by atoms with van der Waals surface area (Å²) in [5, 5.41) is 4.14. The monoisotopic (exact) mass is 314 g/mol. The maximum absolute atomic E-state index is 6.29. The van der Waals surface area contributed by atoms with Gasteiger partial charge in [0.1, 0.15) is 5.60 Å². The maximum Gasteiger partial charge on any atom is 0.291 e. The van der Waals surface area contributed by atoms with Crippen molar-refractivity contribution < 1.29 is 4.74 Å². The topological polar surface area (TPSA) is 49.8 Å². The highest BCUT2D eigenvalue weighted by Gasteiger charge is 2.51. The zero-order valence-corrected chi connectivity index (χ0v) is 13.1. The third-order valence-corrected chi connectivity index (χ3v) is 6.07. The number of benzene rings is 1. The van der Waals surface area contributed by atoms with Crippen molar-refractivity contribution in [3.63, 3.8) is 0 Å². The van der Waals surface area contributed by atoms with Gasteiger partial charge in [0.05, 0.1) is 16.8 Å². The van der Waals surface area contributed by atoms with Crippen LogP contribution in [0.15, 0.2) is 29.3 Å². The summed E-state index contributed by atoms with van der Waals surface area (Å²) in [6, 6.07) is 8.81. The summed E-state index contributed by atoms with van der Waals surface area (Å²) in [6.45, 7) is 4.24. The predicted octanol–water partition coefficient (Wildman–Crippen LogP) is 2.56. The highest BCUT2D eigenvalue weighted by molar-refractivity contribution is 7.22. The molecule has 1 atom stereocenters. The van der Waals surface area contributed by atoms with Crippen molar-refractivity contribution in [3.8, 4) is 0 Å². The molecule has 5 nitrogen and oxygen atoms in total. The first-order chi connectivity index (χ1) is 10.8. The fourth-order valence-corrected chi connectivity index (χ4v) is 4.82. The first-order valence-electron chi connectivity index (χ1n) is 7.89. The molecule has 1 aromatic carbocycles. The highest BCUT2D eigenvalue weighted by atomic mass is 32.1. The lowest BCUT2D eigenvalue weighted by molar-refractivity contribution is -0.0829. The number of hydrogen-bond donors (Lipinski definition) is 1. The average Bonchev–Trinajstić information content (AvgIpc) is 3.12. The molecular formula is C16H18N4OS. The van der Waals surface area contributed by atoms with Gasteiger partial charge in [-0.25, -0.2) is 9.98 Å². The molecule has 4 aliphatic rings. The van der Waals surface area contributed by atoms with E-state index in [1.165, 1.54) is 30.6 Å². The van der Waals surface area contributed by atoms with E-state index in [2.05, 4.69) is 26.3 Å². The molecule has 3 fully saturated rings. The van der Waals surface area contributed by atoms with E-state index < -0.39 is 0 Å². The number of rotatable bonds is 1. The zero-order valence-electron chi connectivity index (χ0n) is 12.3. The third-order valence-electron chi connectivity index (χ3n) is 5.12. The van der Waals surface area contributed by atoms with Crippen LogP contribution in [0.3, 0.4) is 0 Å². The minimum Gasteiger partial charge on any atom is -0.455 e. The molecule has 0 unspecified atom stereocenters. The molecular weight excluding hydrogens is 296 g/mol. The molecule has 114 valence electrons. The number of amidine groups is 1. The Balaban J connectivity index is 1.35. The van der Waals surface area contributed by atoms with Crippen LogP contribution in [-0.4, -0.2) is 47.7 Å². The molecule has 6 rings (SSSR count). The standard InChI is InChI=1S/C16H18N4OS/c1-2-4-13-12(3-1)18-15(22-13)19-14-17-9-16(21-14)10-20-7-5-11(16)6-8-20/h1-4,11H,5-10H2,(H,17,18,19)/t16-/m0/s1. The van der Waals surface area contributed by atoms with Crippen LogP contribution < -0.4 is 5.32 Å². The van der Waals surface area contributed by atoms with Crippen molar-refractivity contribution in [2.75, 3.05) is 31.5 Å². The average molecular weight is 314 g/mol. The Morgan fingerprint density at radius 1 is 1.27 bits per heavy atom. The number of nitrogens with one attached hydrogen (secondary N) is 1. The molecule has 5 heterocycles. The lowest BCUT2D eigenvalue weighted by Gasteiger charge is -2.50. The largest absolute Gasteiger partial charge is 0.455 e. The quantitative estimate of drug-likeness (QED) is 0.879. The van der Waals surface area contributed by atoms with Crippen LogP contribution in [0.1, 0.15) is 12.8 Å². The van der Waals surface area contributed by atoms with Crippen molar-refractivity contribution in [3.05, 3.63) is 24.3 Å². The molecule has 1 spiro atoms. The first-order valence-corrected chi connectivity index (χ1v) is 8.71. The Hall–Kier alpha value is -1.66. The minimum absolute atomic E-state index is 0.0878. The number of anilines is 1. The Labute approximate surface area is 133 Å². The Morgan fingerprint density at radius 3 is 2.91 bits per heavy atom. The smallest absolute Gasteiger partial charge is 0.291 e. The fourth-order valence-electron chi connectivity index (χ4n) is 3.96. The fraction of sp³-hybridized carbons (Fsp3) is 0.500. The molecule has 1 aromatic heterocycles. The molecule has 0 saturated carbocycles. The van der Waals surface area contributed by atoms with Crippen molar-refractivity contribution in [1.29, 1.82) is 0 Å². The molecule has 4 aliphatic heterocycles. The van der Waals surface area contributed by atoms with Gasteiger partial charge >= 0.3 is 0 Å². The van der Waals surface area contributed by atoms with Crippen LogP contribution in [0.2, 0.25) is 0 Å². The number of para-hydroxylation sites is 1. The summed E-state index contributed by atoms with van der Waals surface area (Å²) in [5.74, 6) is 0.649. The van der Waals surface area contributed by atoms with E-state index in [0.29, 0.717) is 11.9 Å². The van der Waals surface area contributed by atoms with Crippen molar-refractivity contribution >= 4 is 32.7 Å². The number of nitrogens with zero attached hydrogens (tertiary/aromatic N) is 3. The molecule has 2 aromatic rings. The molecule has 3 saturated heterocycles. The number of fused-ring (bicyclic) bond motifs is 3. The third kappa shape index (κ3) is 1.94. The van der Waals surface area contributed by atoms with Gasteiger partial charge in [0.25, 0.3) is 6.02 Å². The highest BCUT2D eigenvalue weighted by Crippen LogP contribution is 2.41. The van der Waals surface area contributed by atoms with Gasteiger partial charge in [0.2, 0.25) is 0 Å². The molecule has 6 heteroatoms. The normalized spacial score (nSPS) is 33.2. The van der Waals surface area contributed by atoms with E-state index in [1.807, 2.05) is 18.2 Å². The van der Waals surface area contributed by atoms with E-state index in [-0.39, 0.29) is 5.60 Å². The number of aliphatic imine (C=N–C) groups is 1. The van der Waals surface area contributed by atoms with Gasteiger partial charge in [-0.05, 0) is 38.1 Å². The van der Waals surface area contributed by atoms with Gasteiger partial charge in [-0.3, -0.25) is 10.2 Å². The number of ether oxygens (including phenoxy) is 1. The molecule has 0 amide bonds. The summed E-state index contributed by atoms with van der Waals surface area (Å²) < 4.78 is 7.47. The second-order valence-corrected chi connectivity index (χ2v) is 7.48. The van der Waals surface area contributed by atoms with Crippen molar-refractivity contribution in [1.82, 2.24) is 9.88 Å². The van der Waals surface area contributed by atoms with Crippen LogP contribution in [0, 0.1) is 5.92 Å². The van der Waals surface area contributed by atoms with E-state index >= 15 is 0 Å². The van der Waals surface area contributed by atoms with Gasteiger partial charge in [-0.1, -0.05) is 23.5 Å². The molecule has 22 heavy (non-hydrogen) atoms. The van der Waals surface area contributed by atoms with Gasteiger partial charge in [0.15, 0.2) is 5.13 Å². The summed E-state index contributed by atoms with van der Waals surface area (Å²) in [6.07, 6.45) is 2.48. The minimum atomic E-state index is -0.0878. The van der Waals surface area contributed by atoms with E-state index in [4.69, 9.17) is 4.74 Å². The Kier molecular flexibility index (Phi) is 2.72. The van der Waals surface area contributed by atoms with E-state index in [0.717, 1.165) is 23.7 Å². The zero-order chi connectivity index (χ0) is 14.6. The second kappa shape index (κ2) is 4.67. The van der Waals surface area contributed by atoms with Crippen molar-refractivity contribution in [2.45, 2.75) is 18.4 Å². The number of aromatic nitrogens is 1.